The minimum absolute atomic E-state index is 0. The molecule has 0 bridgehead atoms. The fraction of sp³-hybridized carbons (Fsp3) is 0.438. The lowest BCUT2D eigenvalue weighted by Gasteiger charge is -2.22. The van der Waals surface area contributed by atoms with Crippen LogP contribution in [0.4, 0.5) is 4.39 Å². The minimum atomic E-state index is -0.916. The van der Waals surface area contributed by atoms with E-state index >= 15 is 0 Å². The zero-order valence-electron chi connectivity index (χ0n) is 13.8. The van der Waals surface area contributed by atoms with E-state index < -0.39 is 11.7 Å². The quantitative estimate of drug-likeness (QED) is 0.840. The predicted octanol–water partition coefficient (Wildman–Crippen LogP) is 3.18. The van der Waals surface area contributed by atoms with Crippen LogP contribution in [0.3, 0.4) is 0 Å². The third kappa shape index (κ3) is 4.48. The van der Waals surface area contributed by atoms with Crippen LogP contribution in [0.5, 0.6) is 0 Å². The highest BCUT2D eigenvalue weighted by Gasteiger charge is 2.33. The summed E-state index contributed by atoms with van der Waals surface area (Å²) in [6, 6.07) is 6.36. The molecule has 136 valence electrons. The van der Waals surface area contributed by atoms with Gasteiger partial charge in [0.05, 0.1) is 11.6 Å². The molecule has 1 aromatic carbocycles. The van der Waals surface area contributed by atoms with Gasteiger partial charge in [-0.25, -0.2) is 4.39 Å². The molecule has 0 spiro atoms. The number of carbonyl (C=O) groups is 1. The van der Waals surface area contributed by atoms with Crippen LogP contribution in [0.1, 0.15) is 48.4 Å². The van der Waals surface area contributed by atoms with E-state index in [2.05, 4.69) is 20.8 Å². The molecule has 25 heavy (non-hydrogen) atoms. The van der Waals surface area contributed by atoms with E-state index in [0.29, 0.717) is 28.7 Å². The summed E-state index contributed by atoms with van der Waals surface area (Å²) in [6.07, 6.45) is -0.613. The van der Waals surface area contributed by atoms with Crippen LogP contribution in [-0.2, 0) is 5.54 Å². The Hall–Kier alpha value is -1.70. The topological polar surface area (TPSA) is 80.0 Å². The Morgan fingerprint density at radius 1 is 1.48 bits per heavy atom. The molecule has 0 saturated carbocycles. The Morgan fingerprint density at radius 2 is 2.24 bits per heavy atom. The van der Waals surface area contributed by atoms with Gasteiger partial charge >= 0.3 is 0 Å². The Bertz CT molecular complexity index is 753. The van der Waals surface area contributed by atoms with E-state index in [-0.39, 0.29) is 30.9 Å². The van der Waals surface area contributed by atoms with Gasteiger partial charge in [-0.05, 0) is 32.0 Å². The van der Waals surface area contributed by atoms with Gasteiger partial charge in [-0.1, -0.05) is 22.8 Å². The molecule has 1 fully saturated rings. The zero-order valence-corrected chi connectivity index (χ0v) is 15.3. The molecular formula is C16H19Cl2FN4O2. The van der Waals surface area contributed by atoms with Gasteiger partial charge in [-0.15, -0.1) is 12.4 Å². The van der Waals surface area contributed by atoms with Crippen molar-refractivity contribution in [2.24, 2.45) is 0 Å². The number of nitrogens with one attached hydrogen (secondary N) is 2. The van der Waals surface area contributed by atoms with Gasteiger partial charge < -0.3 is 15.2 Å². The third-order valence-corrected chi connectivity index (χ3v) is 4.12. The standard InChI is InChI=1S/C16H18ClFN4O2.ClH/c1-16(2,21-13(23)9-4-3-5-10(17)6-9)15-20-14(24-22-15)12-7-11(18)8-19-12;/h3-6,11-12,19H,7-8H2,1-2H3,(H,21,23);1H/t11-,12+;/m0./s1. The summed E-state index contributed by atoms with van der Waals surface area (Å²) in [5.41, 5.74) is -0.411. The highest BCUT2D eigenvalue weighted by Crippen LogP contribution is 2.26. The Balaban J connectivity index is 0.00000225. The molecule has 2 atom stereocenters. The number of carbonyl (C=O) groups excluding carboxylic acids is 1. The summed E-state index contributed by atoms with van der Waals surface area (Å²) in [5, 5.41) is 10.3. The molecule has 1 aliphatic heterocycles. The number of aromatic nitrogens is 2. The monoisotopic (exact) mass is 388 g/mol. The normalized spacial score (nSPS) is 20.2. The molecule has 1 amide bonds. The highest BCUT2D eigenvalue weighted by atomic mass is 35.5. The molecule has 1 aromatic heterocycles. The van der Waals surface area contributed by atoms with Crippen LogP contribution in [0.25, 0.3) is 0 Å². The fourth-order valence-corrected chi connectivity index (χ4v) is 2.74. The second-order valence-electron chi connectivity index (χ2n) is 6.34. The molecule has 0 aliphatic carbocycles. The Morgan fingerprint density at radius 3 is 2.88 bits per heavy atom. The highest BCUT2D eigenvalue weighted by molar-refractivity contribution is 6.30. The SMILES string of the molecule is CC(C)(NC(=O)c1cccc(Cl)c1)c1noc([C@H]2C[C@H](F)CN2)n1.Cl. The number of hydrogen-bond acceptors (Lipinski definition) is 5. The Kier molecular flexibility index (Phi) is 6.03. The summed E-state index contributed by atoms with van der Waals surface area (Å²) in [5.74, 6) is 0.365. The zero-order chi connectivity index (χ0) is 17.3. The van der Waals surface area contributed by atoms with Gasteiger partial charge in [0, 0.05) is 23.6 Å². The van der Waals surface area contributed by atoms with E-state index in [1.54, 1.807) is 38.1 Å². The van der Waals surface area contributed by atoms with Crippen LogP contribution in [0.2, 0.25) is 5.02 Å². The summed E-state index contributed by atoms with van der Waals surface area (Å²) in [6.45, 7) is 3.81. The van der Waals surface area contributed by atoms with Crippen LogP contribution < -0.4 is 10.6 Å². The van der Waals surface area contributed by atoms with Gasteiger partial charge in [0.15, 0.2) is 5.82 Å². The van der Waals surface area contributed by atoms with Crippen molar-refractivity contribution in [2.45, 2.75) is 38.0 Å². The van der Waals surface area contributed by atoms with Gasteiger partial charge in [0.1, 0.15) is 6.17 Å². The molecule has 0 unspecified atom stereocenters. The predicted molar refractivity (Wildman–Crippen MR) is 93.7 cm³/mol. The summed E-state index contributed by atoms with van der Waals surface area (Å²) >= 11 is 5.91. The maximum absolute atomic E-state index is 13.3. The van der Waals surface area contributed by atoms with Gasteiger partial charge in [-0.2, -0.15) is 4.98 Å². The smallest absolute Gasteiger partial charge is 0.252 e. The maximum Gasteiger partial charge on any atom is 0.252 e. The number of rotatable bonds is 4. The van der Waals surface area contributed by atoms with E-state index in [4.69, 9.17) is 16.1 Å². The molecule has 3 rings (SSSR count). The number of hydrogen-bond donors (Lipinski definition) is 2. The van der Waals surface area contributed by atoms with Crippen molar-refractivity contribution in [2.75, 3.05) is 6.54 Å². The van der Waals surface area contributed by atoms with E-state index in [1.165, 1.54) is 0 Å². The summed E-state index contributed by atoms with van der Waals surface area (Å²) < 4.78 is 18.5. The van der Waals surface area contributed by atoms with E-state index in [0.717, 1.165) is 0 Å². The van der Waals surface area contributed by atoms with Crippen LogP contribution in [0, 0.1) is 0 Å². The maximum atomic E-state index is 13.3. The number of alkyl halides is 1. The van der Waals surface area contributed by atoms with Crippen molar-refractivity contribution in [3.8, 4) is 0 Å². The molecule has 1 saturated heterocycles. The Labute approximate surface area is 155 Å². The average Bonchev–Trinajstić information content (AvgIpc) is 3.15. The van der Waals surface area contributed by atoms with Crippen molar-refractivity contribution < 1.29 is 13.7 Å². The molecule has 2 aromatic rings. The minimum Gasteiger partial charge on any atom is -0.340 e. The molecule has 1 aliphatic rings. The number of nitrogens with zero attached hydrogens (tertiary/aromatic N) is 2. The first kappa shape index (κ1) is 19.6. The molecular weight excluding hydrogens is 370 g/mol. The molecule has 2 N–H and O–H groups in total. The first-order valence-electron chi connectivity index (χ1n) is 7.65. The van der Waals surface area contributed by atoms with E-state index in [1.807, 2.05) is 0 Å². The second kappa shape index (κ2) is 7.68. The van der Waals surface area contributed by atoms with Crippen molar-refractivity contribution >= 4 is 29.9 Å². The van der Waals surface area contributed by atoms with Crippen molar-refractivity contribution in [3.05, 3.63) is 46.6 Å². The lowest BCUT2D eigenvalue weighted by Crippen LogP contribution is -2.41. The lowest BCUT2D eigenvalue weighted by molar-refractivity contribution is 0.0907. The van der Waals surface area contributed by atoms with Gasteiger partial charge in [0.25, 0.3) is 5.91 Å². The second-order valence-corrected chi connectivity index (χ2v) is 6.78. The molecule has 0 radical (unpaired) electrons. The molecule has 6 nitrogen and oxygen atoms in total. The number of benzene rings is 1. The van der Waals surface area contributed by atoms with E-state index in [9.17, 15) is 9.18 Å². The molecule has 2 heterocycles. The van der Waals surface area contributed by atoms with Gasteiger partial charge in [-0.3, -0.25) is 4.79 Å². The van der Waals surface area contributed by atoms with Crippen molar-refractivity contribution in [1.82, 2.24) is 20.8 Å². The average molecular weight is 389 g/mol. The van der Waals surface area contributed by atoms with Gasteiger partial charge in [0.2, 0.25) is 5.89 Å². The number of amides is 1. The summed E-state index contributed by atoms with van der Waals surface area (Å²) in [7, 11) is 0. The van der Waals surface area contributed by atoms with Crippen LogP contribution in [0.15, 0.2) is 28.8 Å². The largest absolute Gasteiger partial charge is 0.340 e. The first-order chi connectivity index (χ1) is 11.3. The third-order valence-electron chi connectivity index (χ3n) is 3.89. The van der Waals surface area contributed by atoms with Crippen molar-refractivity contribution in [3.63, 3.8) is 0 Å². The van der Waals surface area contributed by atoms with Crippen LogP contribution >= 0.6 is 24.0 Å². The summed E-state index contributed by atoms with van der Waals surface area (Å²) in [4.78, 5) is 16.7. The van der Waals surface area contributed by atoms with Crippen LogP contribution in [-0.4, -0.2) is 28.8 Å². The van der Waals surface area contributed by atoms with Crippen molar-refractivity contribution in [1.29, 1.82) is 0 Å². The first-order valence-corrected chi connectivity index (χ1v) is 8.02. The fourth-order valence-electron chi connectivity index (χ4n) is 2.55. The molecule has 9 heteroatoms. The lowest BCUT2D eigenvalue weighted by atomic mass is 10.0. The number of halogens is 3.